The summed E-state index contributed by atoms with van der Waals surface area (Å²) in [5.74, 6) is -0.442. The van der Waals surface area contributed by atoms with E-state index in [4.69, 9.17) is 11.6 Å². The predicted molar refractivity (Wildman–Crippen MR) is 117 cm³/mol. The van der Waals surface area contributed by atoms with Crippen LogP contribution in [0.25, 0.3) is 22.4 Å². The van der Waals surface area contributed by atoms with Gasteiger partial charge >= 0.3 is 6.18 Å². The van der Waals surface area contributed by atoms with Crippen LogP contribution in [-0.4, -0.2) is 75.0 Å². The minimum absolute atomic E-state index is 0. The average Bonchev–Trinajstić information content (AvgIpc) is 3.19. The molecule has 4 rings (SSSR count). The molecule has 1 fully saturated rings. The van der Waals surface area contributed by atoms with Gasteiger partial charge in [0.15, 0.2) is 5.82 Å². The molecule has 176 valence electrons. The van der Waals surface area contributed by atoms with Crippen molar-refractivity contribution in [2.24, 2.45) is 0 Å². The van der Waals surface area contributed by atoms with Crippen molar-refractivity contribution in [3.8, 4) is 11.4 Å². The molecule has 0 aromatic carbocycles. The lowest BCUT2D eigenvalue weighted by Crippen LogP contribution is -2.60. The number of carbonyl (C=O) groups is 2. The molecule has 1 aliphatic heterocycles. The van der Waals surface area contributed by atoms with Crippen LogP contribution in [0.2, 0.25) is 5.02 Å². The fourth-order valence-corrected chi connectivity index (χ4v) is 3.83. The van der Waals surface area contributed by atoms with E-state index in [-0.39, 0.29) is 20.4 Å². The number of H-pyrrole nitrogens is 1. The van der Waals surface area contributed by atoms with E-state index < -0.39 is 24.7 Å². The van der Waals surface area contributed by atoms with Crippen molar-refractivity contribution in [2.45, 2.75) is 19.1 Å². The van der Waals surface area contributed by atoms with E-state index in [1.807, 2.05) is 5.32 Å². The molecule has 1 atom stereocenters. The van der Waals surface area contributed by atoms with Crippen LogP contribution in [0.4, 0.5) is 19.0 Å². The van der Waals surface area contributed by atoms with Crippen molar-refractivity contribution >= 4 is 40.3 Å². The van der Waals surface area contributed by atoms with Crippen LogP contribution in [0.5, 0.6) is 0 Å². The highest BCUT2D eigenvalue weighted by Gasteiger charge is 2.36. The molecule has 33 heavy (non-hydrogen) atoms. The average molecular weight is 484 g/mol. The number of amides is 2. The van der Waals surface area contributed by atoms with E-state index in [0.29, 0.717) is 39.8 Å². The zero-order valence-corrected chi connectivity index (χ0v) is 18.1. The molecule has 0 spiro atoms. The lowest BCUT2D eigenvalue weighted by molar-refractivity contribution is -0.140. The van der Waals surface area contributed by atoms with Crippen molar-refractivity contribution < 1.29 is 24.2 Å². The maximum Gasteiger partial charge on any atom is 0.405 e. The van der Waals surface area contributed by atoms with Crippen molar-refractivity contribution in [1.82, 2.24) is 30.2 Å². The number of carbonyl (C=O) groups excluding carboxylic acids is 2. The molecule has 4 heterocycles. The van der Waals surface area contributed by atoms with Crippen molar-refractivity contribution in [2.75, 3.05) is 31.1 Å². The van der Waals surface area contributed by atoms with Gasteiger partial charge in [0.05, 0.1) is 11.6 Å². The van der Waals surface area contributed by atoms with Gasteiger partial charge in [0.25, 0.3) is 0 Å². The number of fused-ring (bicyclic) bond motifs is 1. The Kier molecular flexibility index (Phi) is 6.11. The molecule has 2 amide bonds. The molecule has 0 saturated carbocycles. The van der Waals surface area contributed by atoms with Crippen LogP contribution in [0.15, 0.2) is 30.7 Å². The second kappa shape index (κ2) is 8.85. The summed E-state index contributed by atoms with van der Waals surface area (Å²) in [4.78, 5) is 43.6. The summed E-state index contributed by atoms with van der Waals surface area (Å²) in [5, 5.41) is 3.04. The highest BCUT2D eigenvalue weighted by molar-refractivity contribution is 6.31. The minimum Gasteiger partial charge on any atom is -0.345 e. The summed E-state index contributed by atoms with van der Waals surface area (Å²) >= 11 is 6.06. The minimum atomic E-state index is -4.55. The van der Waals surface area contributed by atoms with Gasteiger partial charge in [-0.3, -0.25) is 9.59 Å². The molecular weight excluding hydrogens is 463 g/mol. The third-order valence-corrected chi connectivity index (χ3v) is 5.47. The third kappa shape index (κ3) is 5.00. The largest absolute Gasteiger partial charge is 0.405 e. The number of aromatic amines is 1. The van der Waals surface area contributed by atoms with Gasteiger partial charge in [-0.25, -0.2) is 15.0 Å². The van der Waals surface area contributed by atoms with Crippen molar-refractivity contribution in [3.05, 3.63) is 35.7 Å². The number of hydrogen-bond acceptors (Lipinski definition) is 6. The Morgan fingerprint density at radius 1 is 1.33 bits per heavy atom. The maximum atomic E-state index is 12.7. The smallest absolute Gasteiger partial charge is 0.345 e. The topological polar surface area (TPSA) is 107 Å². The van der Waals surface area contributed by atoms with Crippen molar-refractivity contribution in [1.29, 1.82) is 0 Å². The molecule has 0 bridgehead atoms. The summed E-state index contributed by atoms with van der Waals surface area (Å²) in [6.07, 6.45) is 0.118. The lowest BCUT2D eigenvalue weighted by Gasteiger charge is -2.40. The number of anilines is 1. The van der Waals surface area contributed by atoms with Crippen LogP contribution in [0, 0.1) is 0 Å². The Hall–Kier alpha value is -3.41. The van der Waals surface area contributed by atoms with Crippen LogP contribution < -0.4 is 10.2 Å². The number of halogens is 4. The fourth-order valence-electron chi connectivity index (χ4n) is 3.67. The molecule has 0 aliphatic carbocycles. The molecule has 2 N–H and O–H groups in total. The second-order valence-electron chi connectivity index (χ2n) is 7.50. The van der Waals surface area contributed by atoms with E-state index in [1.54, 1.807) is 23.2 Å². The fraction of sp³-hybridized carbons (Fsp3) is 0.350. The Balaban J connectivity index is 0.00000324. The van der Waals surface area contributed by atoms with Crippen molar-refractivity contribution in [3.63, 3.8) is 0 Å². The summed E-state index contributed by atoms with van der Waals surface area (Å²) in [7, 11) is 0. The molecule has 3 aromatic heterocycles. The maximum absolute atomic E-state index is 12.7. The lowest BCUT2D eigenvalue weighted by atomic mass is 10.1. The molecule has 1 aliphatic rings. The van der Waals surface area contributed by atoms with E-state index >= 15 is 0 Å². The van der Waals surface area contributed by atoms with Gasteiger partial charge < -0.3 is 20.1 Å². The molecule has 3 aromatic rings. The van der Waals surface area contributed by atoms with Crippen LogP contribution in [0.1, 0.15) is 8.35 Å². The highest BCUT2D eigenvalue weighted by atomic mass is 35.5. The number of hydrogen-bond donors (Lipinski definition) is 2. The van der Waals surface area contributed by atoms with E-state index in [1.165, 1.54) is 24.2 Å². The number of alkyl halides is 3. The number of piperazine rings is 1. The first-order valence-corrected chi connectivity index (χ1v) is 10.3. The Morgan fingerprint density at radius 2 is 2.12 bits per heavy atom. The van der Waals surface area contributed by atoms with Gasteiger partial charge in [-0.1, -0.05) is 11.6 Å². The first-order valence-electron chi connectivity index (χ1n) is 9.95. The van der Waals surface area contributed by atoms with Gasteiger partial charge in [-0.15, -0.1) is 0 Å². The summed E-state index contributed by atoms with van der Waals surface area (Å²) in [5.41, 5.74) is 1.21. The highest BCUT2D eigenvalue weighted by Crippen LogP contribution is 2.29. The first-order chi connectivity index (χ1) is 15.6. The number of nitrogens with zero attached hydrogens (tertiary/aromatic N) is 5. The SMILES string of the molecule is CC(=O)N1CCN(c2ccnc(-c3c[nH]c4ncc(Cl)cc34)n2)[C@H](C(=O)NCC(F)(F)F)C1.[HH]. The molecule has 0 radical (unpaired) electrons. The van der Waals surface area contributed by atoms with Gasteiger partial charge in [0, 0.05) is 51.0 Å². The standard InChI is InChI=1S/C20H19ClF3N7O2.H2/c1-11(32)30-4-5-31(15(9-30)19(33)28-10-20(22,23)24)16-2-3-25-18(29-16)14-8-27-17-13(14)6-12(21)7-26-17;/h2-3,6-8,15H,4-5,9-10H2,1H3,(H,26,27)(H,28,33);1H/t15-;/m0./s1. The van der Waals surface area contributed by atoms with Gasteiger partial charge in [-0.05, 0) is 12.1 Å². The molecular formula is C20H21ClF3N7O2. The van der Waals surface area contributed by atoms with Gasteiger partial charge in [-0.2, -0.15) is 13.2 Å². The van der Waals surface area contributed by atoms with E-state index in [0.717, 1.165) is 0 Å². The Labute approximate surface area is 192 Å². The number of pyridine rings is 1. The predicted octanol–water partition coefficient (Wildman–Crippen LogP) is 2.63. The Bertz CT molecular complexity index is 1210. The zero-order valence-electron chi connectivity index (χ0n) is 17.4. The van der Waals surface area contributed by atoms with Gasteiger partial charge in [0.2, 0.25) is 11.8 Å². The monoisotopic (exact) mass is 483 g/mol. The second-order valence-corrected chi connectivity index (χ2v) is 7.93. The quantitative estimate of drug-likeness (QED) is 0.591. The zero-order chi connectivity index (χ0) is 23.8. The van der Waals surface area contributed by atoms with Crippen LogP contribution >= 0.6 is 11.6 Å². The normalized spacial score (nSPS) is 16.8. The summed E-state index contributed by atoms with van der Waals surface area (Å²) in [6, 6.07) is 2.23. The Morgan fingerprint density at radius 3 is 2.85 bits per heavy atom. The summed E-state index contributed by atoms with van der Waals surface area (Å²) in [6.45, 7) is 0.324. The summed E-state index contributed by atoms with van der Waals surface area (Å²) < 4.78 is 37.9. The molecule has 1 saturated heterocycles. The van der Waals surface area contributed by atoms with Crippen LogP contribution in [-0.2, 0) is 9.59 Å². The number of aromatic nitrogens is 4. The first kappa shape index (κ1) is 22.8. The third-order valence-electron chi connectivity index (χ3n) is 5.27. The van der Waals surface area contributed by atoms with Crippen LogP contribution in [0.3, 0.4) is 0 Å². The van der Waals surface area contributed by atoms with E-state index in [9.17, 15) is 22.8 Å². The molecule has 13 heteroatoms. The number of rotatable bonds is 4. The van der Waals surface area contributed by atoms with E-state index in [2.05, 4.69) is 19.9 Å². The molecule has 0 unspecified atom stereocenters. The van der Waals surface area contributed by atoms with Gasteiger partial charge in [0.1, 0.15) is 24.1 Å². The molecule has 9 nitrogen and oxygen atoms in total. The number of nitrogens with one attached hydrogen (secondary N) is 2.